The number of benzene rings is 1. The van der Waals surface area contributed by atoms with E-state index in [2.05, 4.69) is 22.8 Å². The number of carbonyl (C=O) groups is 1. The maximum Gasteiger partial charge on any atom is 0.407 e. The van der Waals surface area contributed by atoms with Gasteiger partial charge in [0.15, 0.2) is 0 Å². The number of alkyl carbamates (subject to hydrolysis) is 1. The van der Waals surface area contributed by atoms with Gasteiger partial charge in [-0.1, -0.05) is 36.4 Å². The minimum Gasteiger partial charge on any atom is -0.444 e. The molecule has 2 atom stereocenters. The Hall–Kier alpha value is -1.85. The van der Waals surface area contributed by atoms with Gasteiger partial charge in [-0.05, 0) is 38.3 Å². The minimum atomic E-state index is -0.468. The summed E-state index contributed by atoms with van der Waals surface area (Å²) in [6.07, 6.45) is 4.44. The van der Waals surface area contributed by atoms with Crippen LogP contribution in [0.2, 0.25) is 0 Å². The molecule has 0 saturated carbocycles. The summed E-state index contributed by atoms with van der Waals surface area (Å²) < 4.78 is 5.16. The molecular weight excluding hydrogens is 290 g/mol. The molecule has 1 aromatic rings. The van der Waals surface area contributed by atoms with Crippen molar-refractivity contribution in [3.63, 3.8) is 0 Å². The SMILES string of the molecule is CC(C)(C)OC(=O)NC/C=C/CNC1CC(N)c2ccccc21. The van der Waals surface area contributed by atoms with E-state index in [0.29, 0.717) is 12.6 Å². The van der Waals surface area contributed by atoms with Crippen LogP contribution in [0.1, 0.15) is 50.4 Å². The van der Waals surface area contributed by atoms with Crippen LogP contribution in [0.15, 0.2) is 36.4 Å². The standard InChI is InChI=1S/C18H27N3O2/c1-18(2,3)23-17(22)21-11-7-6-10-20-16-12-15(19)13-8-4-5-9-14(13)16/h4-9,15-16,20H,10-12,19H2,1-3H3,(H,21,22)/b7-6+. The maximum atomic E-state index is 11.5. The van der Waals surface area contributed by atoms with E-state index in [1.165, 1.54) is 11.1 Å². The predicted octanol–water partition coefficient (Wildman–Crippen LogP) is 2.80. The summed E-state index contributed by atoms with van der Waals surface area (Å²) in [5.41, 5.74) is 8.21. The third-order valence-corrected chi connectivity index (χ3v) is 3.67. The van der Waals surface area contributed by atoms with Crippen LogP contribution in [0.5, 0.6) is 0 Å². The predicted molar refractivity (Wildman–Crippen MR) is 92.1 cm³/mol. The van der Waals surface area contributed by atoms with Gasteiger partial charge in [-0.15, -0.1) is 0 Å². The highest BCUT2D eigenvalue weighted by molar-refractivity contribution is 5.67. The molecule has 0 bridgehead atoms. The summed E-state index contributed by atoms with van der Waals surface area (Å²) in [5.74, 6) is 0. The highest BCUT2D eigenvalue weighted by Crippen LogP contribution is 2.36. The Morgan fingerprint density at radius 3 is 2.61 bits per heavy atom. The van der Waals surface area contributed by atoms with Crippen LogP contribution >= 0.6 is 0 Å². The highest BCUT2D eigenvalue weighted by Gasteiger charge is 2.27. The summed E-state index contributed by atoms with van der Waals surface area (Å²) in [6, 6.07) is 8.72. The van der Waals surface area contributed by atoms with Crippen LogP contribution in [0.25, 0.3) is 0 Å². The number of hydrogen-bond donors (Lipinski definition) is 3. The van der Waals surface area contributed by atoms with Crippen molar-refractivity contribution in [2.75, 3.05) is 13.1 Å². The lowest BCUT2D eigenvalue weighted by molar-refractivity contribution is 0.0534. The second-order valence-electron chi connectivity index (χ2n) is 6.79. The van der Waals surface area contributed by atoms with Gasteiger partial charge in [0.1, 0.15) is 5.60 Å². The van der Waals surface area contributed by atoms with E-state index in [4.69, 9.17) is 10.5 Å². The fourth-order valence-corrected chi connectivity index (χ4v) is 2.70. The van der Waals surface area contributed by atoms with Crippen LogP contribution in [0, 0.1) is 0 Å². The van der Waals surface area contributed by atoms with Gasteiger partial charge in [0.25, 0.3) is 0 Å². The highest BCUT2D eigenvalue weighted by atomic mass is 16.6. The molecule has 4 N–H and O–H groups in total. The van der Waals surface area contributed by atoms with Crippen molar-refractivity contribution in [2.24, 2.45) is 5.73 Å². The van der Waals surface area contributed by atoms with Gasteiger partial charge in [0.2, 0.25) is 0 Å². The van der Waals surface area contributed by atoms with Crippen molar-refractivity contribution >= 4 is 6.09 Å². The molecule has 0 spiro atoms. The molecule has 0 aromatic heterocycles. The molecule has 1 aliphatic rings. The van der Waals surface area contributed by atoms with Crippen molar-refractivity contribution in [3.05, 3.63) is 47.5 Å². The van der Waals surface area contributed by atoms with E-state index in [1.807, 2.05) is 45.1 Å². The normalized spacial score (nSPS) is 20.5. The summed E-state index contributed by atoms with van der Waals surface area (Å²) in [6.45, 7) is 6.72. The van der Waals surface area contributed by atoms with Crippen molar-refractivity contribution in [3.8, 4) is 0 Å². The Kier molecular flexibility index (Phi) is 5.80. The van der Waals surface area contributed by atoms with Crippen LogP contribution in [0.3, 0.4) is 0 Å². The molecule has 2 rings (SSSR count). The van der Waals surface area contributed by atoms with Crippen molar-refractivity contribution in [2.45, 2.75) is 44.9 Å². The number of nitrogens with two attached hydrogens (primary N) is 1. The average Bonchev–Trinajstić information content (AvgIpc) is 2.78. The Bertz CT molecular complexity index is 564. The number of nitrogens with one attached hydrogen (secondary N) is 2. The molecule has 1 aliphatic carbocycles. The number of hydrogen-bond acceptors (Lipinski definition) is 4. The molecule has 0 radical (unpaired) electrons. The smallest absolute Gasteiger partial charge is 0.407 e. The molecule has 0 aliphatic heterocycles. The summed E-state index contributed by atoms with van der Waals surface area (Å²) in [5, 5.41) is 6.18. The van der Waals surface area contributed by atoms with Gasteiger partial charge < -0.3 is 21.1 Å². The molecule has 126 valence electrons. The number of carbonyl (C=O) groups excluding carboxylic acids is 1. The first-order valence-corrected chi connectivity index (χ1v) is 8.06. The Balaban J connectivity index is 1.69. The van der Waals surface area contributed by atoms with E-state index in [0.717, 1.165) is 13.0 Å². The Morgan fingerprint density at radius 2 is 1.91 bits per heavy atom. The minimum absolute atomic E-state index is 0.113. The van der Waals surface area contributed by atoms with Gasteiger partial charge >= 0.3 is 6.09 Å². The lowest BCUT2D eigenvalue weighted by Gasteiger charge is -2.19. The van der Waals surface area contributed by atoms with E-state index < -0.39 is 11.7 Å². The molecule has 2 unspecified atom stereocenters. The molecule has 5 heteroatoms. The summed E-state index contributed by atoms with van der Waals surface area (Å²) >= 11 is 0. The van der Waals surface area contributed by atoms with Crippen LogP contribution in [-0.4, -0.2) is 24.8 Å². The van der Waals surface area contributed by atoms with Gasteiger partial charge in [-0.25, -0.2) is 4.79 Å². The van der Waals surface area contributed by atoms with Crippen LogP contribution in [-0.2, 0) is 4.74 Å². The Labute approximate surface area is 138 Å². The first-order valence-electron chi connectivity index (χ1n) is 8.06. The van der Waals surface area contributed by atoms with E-state index >= 15 is 0 Å². The first-order chi connectivity index (χ1) is 10.9. The van der Waals surface area contributed by atoms with Crippen LogP contribution < -0.4 is 16.4 Å². The van der Waals surface area contributed by atoms with Gasteiger partial charge in [-0.3, -0.25) is 0 Å². The van der Waals surface area contributed by atoms with Crippen molar-refractivity contribution in [1.82, 2.24) is 10.6 Å². The largest absolute Gasteiger partial charge is 0.444 e. The zero-order valence-corrected chi connectivity index (χ0v) is 14.1. The summed E-state index contributed by atoms with van der Waals surface area (Å²) in [4.78, 5) is 11.5. The lowest BCUT2D eigenvalue weighted by Crippen LogP contribution is -2.32. The molecule has 5 nitrogen and oxygen atoms in total. The van der Waals surface area contributed by atoms with Crippen molar-refractivity contribution < 1.29 is 9.53 Å². The quantitative estimate of drug-likeness (QED) is 0.730. The molecule has 0 saturated heterocycles. The van der Waals surface area contributed by atoms with E-state index in [9.17, 15) is 4.79 Å². The third kappa shape index (κ3) is 5.37. The first kappa shape index (κ1) is 17.5. The van der Waals surface area contributed by atoms with Gasteiger partial charge in [0.05, 0.1) is 0 Å². The maximum absolute atomic E-state index is 11.5. The molecule has 23 heavy (non-hydrogen) atoms. The zero-order chi connectivity index (χ0) is 16.9. The van der Waals surface area contributed by atoms with E-state index in [1.54, 1.807) is 0 Å². The molecule has 0 heterocycles. The fraction of sp³-hybridized carbons (Fsp3) is 0.500. The third-order valence-electron chi connectivity index (χ3n) is 3.67. The number of rotatable bonds is 5. The monoisotopic (exact) mass is 317 g/mol. The molecular formula is C18H27N3O2. The lowest BCUT2D eigenvalue weighted by atomic mass is 10.1. The fourth-order valence-electron chi connectivity index (χ4n) is 2.70. The topological polar surface area (TPSA) is 76.4 Å². The number of amides is 1. The molecule has 0 fully saturated rings. The number of ether oxygens (including phenoxy) is 1. The molecule has 1 amide bonds. The van der Waals surface area contributed by atoms with Crippen molar-refractivity contribution in [1.29, 1.82) is 0 Å². The van der Waals surface area contributed by atoms with E-state index in [-0.39, 0.29) is 6.04 Å². The zero-order valence-electron chi connectivity index (χ0n) is 14.1. The van der Waals surface area contributed by atoms with Gasteiger partial charge in [-0.2, -0.15) is 0 Å². The molecule has 1 aromatic carbocycles. The number of fused-ring (bicyclic) bond motifs is 1. The van der Waals surface area contributed by atoms with Crippen LogP contribution in [0.4, 0.5) is 4.79 Å². The second-order valence-corrected chi connectivity index (χ2v) is 6.79. The Morgan fingerprint density at radius 1 is 1.26 bits per heavy atom. The summed E-state index contributed by atoms with van der Waals surface area (Å²) in [7, 11) is 0. The van der Waals surface area contributed by atoms with Gasteiger partial charge in [0, 0.05) is 25.2 Å². The second kappa shape index (κ2) is 7.62. The average molecular weight is 317 g/mol.